The Hall–Kier alpha value is -2.31. The number of nitrogens with zero attached hydrogens (tertiary/aromatic N) is 2. The number of aromatic nitrogens is 1. The zero-order chi connectivity index (χ0) is 18.6. The van der Waals surface area contributed by atoms with E-state index in [2.05, 4.69) is 11.1 Å². The van der Waals surface area contributed by atoms with Crippen molar-refractivity contribution in [3.8, 4) is 16.9 Å². The van der Waals surface area contributed by atoms with Gasteiger partial charge in [-0.1, -0.05) is 17.7 Å². The van der Waals surface area contributed by atoms with E-state index in [1.165, 1.54) is 0 Å². The van der Waals surface area contributed by atoms with Crippen LogP contribution in [-0.2, 0) is 10.3 Å². The minimum atomic E-state index is -0.579. The van der Waals surface area contributed by atoms with Gasteiger partial charge in [0, 0.05) is 35.9 Å². The second kappa shape index (κ2) is 6.11. The first kappa shape index (κ1) is 16.8. The third kappa shape index (κ3) is 2.66. The summed E-state index contributed by atoms with van der Waals surface area (Å²) in [6.07, 6.45) is 5.10. The third-order valence-electron chi connectivity index (χ3n) is 5.89. The number of benzene rings is 1. The minimum Gasteiger partial charge on any atom is -0.490 e. The van der Waals surface area contributed by atoms with Gasteiger partial charge in [0.05, 0.1) is 11.1 Å². The lowest BCUT2D eigenvalue weighted by Crippen LogP contribution is -2.51. The number of amidine groups is 1. The lowest BCUT2D eigenvalue weighted by atomic mass is 9.67. The largest absolute Gasteiger partial charge is 0.490 e. The fourth-order valence-corrected chi connectivity index (χ4v) is 4.81. The van der Waals surface area contributed by atoms with Crippen molar-refractivity contribution >= 4 is 17.6 Å². The summed E-state index contributed by atoms with van der Waals surface area (Å²) in [5.41, 5.74) is 8.23. The second-order valence-electron chi connectivity index (χ2n) is 7.50. The van der Waals surface area contributed by atoms with E-state index in [1.807, 2.05) is 18.2 Å². The zero-order valence-electron chi connectivity index (χ0n) is 14.6. The normalized spacial score (nSPS) is 31.5. The molecule has 7 heteroatoms. The number of hydrogen-bond donors (Lipinski definition) is 2. The van der Waals surface area contributed by atoms with Crippen molar-refractivity contribution in [2.75, 3.05) is 6.61 Å². The van der Waals surface area contributed by atoms with E-state index in [0.29, 0.717) is 18.1 Å². The number of ether oxygens (including phenoxy) is 2. The average molecular weight is 386 g/mol. The number of pyridine rings is 1. The Bertz CT molecular complexity index is 934. The van der Waals surface area contributed by atoms with Gasteiger partial charge in [-0.05, 0) is 36.6 Å². The fourth-order valence-electron chi connectivity index (χ4n) is 4.64. The van der Waals surface area contributed by atoms with Crippen LogP contribution in [0.25, 0.3) is 11.1 Å². The molecule has 140 valence electrons. The highest BCUT2D eigenvalue weighted by Gasteiger charge is 2.55. The first-order valence-corrected chi connectivity index (χ1v) is 9.51. The molecule has 1 aromatic carbocycles. The quantitative estimate of drug-likeness (QED) is 0.787. The highest BCUT2D eigenvalue weighted by molar-refractivity contribution is 6.30. The number of aliphatic imine (C=N–C) groups is 1. The van der Waals surface area contributed by atoms with Crippen LogP contribution < -0.4 is 10.5 Å². The van der Waals surface area contributed by atoms with Gasteiger partial charge in [-0.15, -0.1) is 0 Å². The highest BCUT2D eigenvalue weighted by atomic mass is 35.5. The fraction of sp³-hybridized carbons (Fsp3) is 0.400. The Morgan fingerprint density at radius 3 is 2.85 bits per heavy atom. The molecule has 3 heterocycles. The van der Waals surface area contributed by atoms with Gasteiger partial charge in [-0.2, -0.15) is 0 Å². The summed E-state index contributed by atoms with van der Waals surface area (Å²) in [6, 6.07) is 8.11. The van der Waals surface area contributed by atoms with Crippen LogP contribution in [0.1, 0.15) is 24.8 Å². The van der Waals surface area contributed by atoms with Gasteiger partial charge in [0.25, 0.3) is 6.02 Å². The Morgan fingerprint density at radius 1 is 1.19 bits per heavy atom. The average Bonchev–Trinajstić information content (AvgIpc) is 3.04. The minimum absolute atomic E-state index is 0.0989. The summed E-state index contributed by atoms with van der Waals surface area (Å²) in [5.74, 6) is 0.883. The maximum Gasteiger partial charge on any atom is 0.283 e. The molecule has 4 unspecified atom stereocenters. The van der Waals surface area contributed by atoms with Crippen LogP contribution in [0.15, 0.2) is 41.7 Å². The van der Waals surface area contributed by atoms with E-state index in [4.69, 9.17) is 31.8 Å². The molecule has 3 aliphatic rings. The van der Waals surface area contributed by atoms with Crippen LogP contribution in [0.3, 0.4) is 0 Å². The summed E-state index contributed by atoms with van der Waals surface area (Å²) >= 11 is 6.11. The molecule has 3 N–H and O–H groups in total. The predicted molar refractivity (Wildman–Crippen MR) is 102 cm³/mol. The van der Waals surface area contributed by atoms with Crippen LogP contribution in [0.2, 0.25) is 5.02 Å². The van der Waals surface area contributed by atoms with E-state index in [9.17, 15) is 5.11 Å². The van der Waals surface area contributed by atoms with Gasteiger partial charge in [-0.3, -0.25) is 4.98 Å². The van der Waals surface area contributed by atoms with Crippen LogP contribution in [0, 0.1) is 5.92 Å². The number of rotatable bonds is 1. The number of hydrogen-bond acceptors (Lipinski definition) is 6. The van der Waals surface area contributed by atoms with Crippen molar-refractivity contribution in [2.24, 2.45) is 16.6 Å². The molecule has 0 bridgehead atoms. The van der Waals surface area contributed by atoms with E-state index in [0.717, 1.165) is 35.3 Å². The Balaban J connectivity index is 1.65. The molecule has 1 aromatic heterocycles. The first-order chi connectivity index (χ1) is 13.0. The summed E-state index contributed by atoms with van der Waals surface area (Å²) in [6.45, 7) is 0.393. The van der Waals surface area contributed by atoms with Gasteiger partial charge < -0.3 is 20.3 Å². The van der Waals surface area contributed by atoms with Gasteiger partial charge in [-0.25, -0.2) is 4.99 Å². The molecule has 6 nitrogen and oxygen atoms in total. The van der Waals surface area contributed by atoms with Gasteiger partial charge >= 0.3 is 0 Å². The summed E-state index contributed by atoms with van der Waals surface area (Å²) in [7, 11) is 0. The van der Waals surface area contributed by atoms with E-state index < -0.39 is 5.54 Å². The summed E-state index contributed by atoms with van der Waals surface area (Å²) in [5, 5.41) is 10.7. The number of halogens is 1. The lowest BCUT2D eigenvalue weighted by molar-refractivity contribution is -0.0360. The van der Waals surface area contributed by atoms with Crippen LogP contribution in [-0.4, -0.2) is 34.9 Å². The molecule has 1 fully saturated rings. The smallest absolute Gasteiger partial charge is 0.283 e. The number of fused-ring (bicyclic) bond motifs is 4. The maximum atomic E-state index is 10.1. The molecule has 0 radical (unpaired) electrons. The number of nitrogens with two attached hydrogens (primary N) is 1. The molecular weight excluding hydrogens is 366 g/mol. The SMILES string of the molecule is NC1=NC2(CO1)c1cc(-c3cncc(Cl)c3)ccc1OC1CC(O)CCC12. The lowest BCUT2D eigenvalue weighted by Gasteiger charge is -2.47. The molecule has 2 aromatic rings. The predicted octanol–water partition coefficient (Wildman–Crippen LogP) is 2.86. The second-order valence-corrected chi connectivity index (χ2v) is 7.93. The highest BCUT2D eigenvalue weighted by Crippen LogP contribution is 2.53. The Kier molecular flexibility index (Phi) is 3.81. The Morgan fingerprint density at radius 2 is 2.07 bits per heavy atom. The van der Waals surface area contributed by atoms with Crippen molar-refractivity contribution in [1.82, 2.24) is 4.98 Å². The molecule has 0 saturated heterocycles. The van der Waals surface area contributed by atoms with Crippen LogP contribution >= 0.6 is 11.6 Å². The van der Waals surface area contributed by atoms with E-state index in [-0.39, 0.29) is 24.1 Å². The molecule has 2 aliphatic heterocycles. The maximum absolute atomic E-state index is 10.1. The molecule has 4 atom stereocenters. The van der Waals surface area contributed by atoms with Gasteiger partial charge in [0.2, 0.25) is 0 Å². The summed E-state index contributed by atoms with van der Waals surface area (Å²) in [4.78, 5) is 8.94. The van der Waals surface area contributed by atoms with Crippen molar-refractivity contribution in [2.45, 2.75) is 37.0 Å². The van der Waals surface area contributed by atoms with Crippen LogP contribution in [0.5, 0.6) is 5.75 Å². The molecule has 27 heavy (non-hydrogen) atoms. The summed E-state index contributed by atoms with van der Waals surface area (Å²) < 4.78 is 11.9. The molecule has 0 amide bonds. The van der Waals surface area contributed by atoms with Crippen molar-refractivity contribution in [3.63, 3.8) is 0 Å². The number of aliphatic hydroxyl groups is 1. The van der Waals surface area contributed by atoms with Gasteiger partial charge in [0.1, 0.15) is 24.0 Å². The van der Waals surface area contributed by atoms with Crippen molar-refractivity contribution in [1.29, 1.82) is 0 Å². The number of aliphatic hydroxyl groups excluding tert-OH is 1. The van der Waals surface area contributed by atoms with Crippen molar-refractivity contribution < 1.29 is 14.6 Å². The molecular formula is C20H20ClN3O3. The van der Waals surface area contributed by atoms with Crippen LogP contribution in [0.4, 0.5) is 0 Å². The zero-order valence-corrected chi connectivity index (χ0v) is 15.4. The first-order valence-electron chi connectivity index (χ1n) is 9.13. The molecule has 1 saturated carbocycles. The molecule has 1 spiro atoms. The third-order valence-corrected chi connectivity index (χ3v) is 6.10. The molecule has 5 rings (SSSR count). The Labute approximate surface area is 162 Å². The van der Waals surface area contributed by atoms with Crippen molar-refractivity contribution in [3.05, 3.63) is 47.2 Å². The molecule has 1 aliphatic carbocycles. The van der Waals surface area contributed by atoms with Gasteiger partial charge in [0.15, 0.2) is 0 Å². The topological polar surface area (TPSA) is 90.0 Å². The van der Waals surface area contributed by atoms with E-state index >= 15 is 0 Å². The monoisotopic (exact) mass is 385 g/mol. The van der Waals surface area contributed by atoms with E-state index in [1.54, 1.807) is 12.4 Å². The standard InChI is InChI=1S/C20H20ClN3O3/c21-13-5-12(8-23-9-13)11-1-4-17-16(6-11)20(10-26-19(22)24-20)15-3-2-14(25)7-18(15)27-17/h1,4-6,8-9,14-15,18,25H,2-3,7,10H2,(H2,22,24).